The highest BCUT2D eigenvalue weighted by molar-refractivity contribution is 5.79. The Morgan fingerprint density at radius 3 is 2.57 bits per heavy atom. The third kappa shape index (κ3) is 3.17. The van der Waals surface area contributed by atoms with Crippen LogP contribution in [0.25, 0.3) is 0 Å². The molecule has 0 aliphatic carbocycles. The Morgan fingerprint density at radius 2 is 1.91 bits per heavy atom. The fraction of sp³-hybridized carbons (Fsp3) is 0.706. The normalized spacial score (nSPS) is 25.3. The first-order valence-corrected chi connectivity index (χ1v) is 8.53. The number of likely N-dealkylation sites (N-methyl/N-ethyl adjacent to an activating group) is 1. The van der Waals surface area contributed by atoms with Gasteiger partial charge in [0.05, 0.1) is 6.42 Å². The number of hydrogen-bond acceptors (Lipinski definition) is 4. The van der Waals surface area contributed by atoms with Crippen LogP contribution in [-0.2, 0) is 11.2 Å². The van der Waals surface area contributed by atoms with Crippen LogP contribution in [0.15, 0.2) is 4.79 Å². The van der Waals surface area contributed by atoms with E-state index in [-0.39, 0.29) is 17.9 Å². The summed E-state index contributed by atoms with van der Waals surface area (Å²) in [5.41, 5.74) is 0.983. The third-order valence-electron chi connectivity index (χ3n) is 5.31. The first kappa shape index (κ1) is 16.2. The van der Waals surface area contributed by atoms with Gasteiger partial charge in [0.25, 0.3) is 5.56 Å². The smallest absolute Gasteiger partial charge is 0.254 e. The van der Waals surface area contributed by atoms with Crippen LogP contribution in [0.1, 0.15) is 42.8 Å². The van der Waals surface area contributed by atoms with E-state index in [1.54, 1.807) is 13.8 Å². The van der Waals surface area contributed by atoms with Crippen LogP contribution in [0.4, 0.5) is 0 Å². The molecule has 3 heterocycles. The summed E-state index contributed by atoms with van der Waals surface area (Å²) >= 11 is 0. The Labute approximate surface area is 136 Å². The molecule has 2 fully saturated rings. The van der Waals surface area contributed by atoms with E-state index >= 15 is 0 Å². The minimum atomic E-state index is -0.183. The van der Waals surface area contributed by atoms with Gasteiger partial charge in [0.15, 0.2) is 0 Å². The molecule has 2 aliphatic rings. The number of hydrogen-bond donors (Lipinski definition) is 1. The van der Waals surface area contributed by atoms with E-state index in [0.717, 1.165) is 32.4 Å². The molecular formula is C17H26N4O2. The quantitative estimate of drug-likeness (QED) is 0.903. The Morgan fingerprint density at radius 1 is 1.22 bits per heavy atom. The van der Waals surface area contributed by atoms with Crippen LogP contribution in [-0.4, -0.2) is 57.9 Å². The Hall–Kier alpha value is -1.69. The van der Waals surface area contributed by atoms with Crippen molar-refractivity contribution in [3.8, 4) is 0 Å². The summed E-state index contributed by atoms with van der Waals surface area (Å²) in [5.74, 6) is 0.655. The highest BCUT2D eigenvalue weighted by atomic mass is 16.2. The van der Waals surface area contributed by atoms with E-state index in [1.807, 2.05) is 4.90 Å². The molecule has 6 nitrogen and oxygen atoms in total. The molecule has 1 aromatic heterocycles. The summed E-state index contributed by atoms with van der Waals surface area (Å²) < 4.78 is 0. The second kappa shape index (κ2) is 6.43. The van der Waals surface area contributed by atoms with Gasteiger partial charge in [-0.25, -0.2) is 4.98 Å². The van der Waals surface area contributed by atoms with Crippen molar-refractivity contribution in [2.24, 2.45) is 0 Å². The second-order valence-electron chi connectivity index (χ2n) is 6.88. The van der Waals surface area contributed by atoms with Crippen molar-refractivity contribution in [3.63, 3.8) is 0 Å². The van der Waals surface area contributed by atoms with Crippen LogP contribution in [0.3, 0.4) is 0 Å². The number of rotatable bonds is 3. The number of nitrogens with one attached hydrogen (secondary N) is 1. The summed E-state index contributed by atoms with van der Waals surface area (Å²) in [5, 5.41) is 0. The van der Waals surface area contributed by atoms with Crippen molar-refractivity contribution in [1.82, 2.24) is 19.8 Å². The van der Waals surface area contributed by atoms with Crippen LogP contribution < -0.4 is 5.56 Å². The molecule has 0 aromatic carbocycles. The van der Waals surface area contributed by atoms with Gasteiger partial charge in [-0.3, -0.25) is 9.59 Å². The summed E-state index contributed by atoms with van der Waals surface area (Å²) in [6.45, 7) is 5.48. The van der Waals surface area contributed by atoms with Gasteiger partial charge >= 0.3 is 0 Å². The number of amides is 1. The van der Waals surface area contributed by atoms with Crippen LogP contribution in [0.2, 0.25) is 0 Å². The van der Waals surface area contributed by atoms with E-state index < -0.39 is 0 Å². The Kier molecular flexibility index (Phi) is 4.53. The fourth-order valence-corrected chi connectivity index (χ4v) is 4.14. The summed E-state index contributed by atoms with van der Waals surface area (Å²) in [7, 11) is 2.15. The average Bonchev–Trinajstić information content (AvgIpc) is 3.10. The lowest BCUT2D eigenvalue weighted by Gasteiger charge is -2.33. The summed E-state index contributed by atoms with van der Waals surface area (Å²) in [6.07, 6.45) is 4.66. The molecular weight excluding hydrogens is 292 g/mol. The van der Waals surface area contributed by atoms with E-state index in [9.17, 15) is 9.59 Å². The average molecular weight is 318 g/mol. The van der Waals surface area contributed by atoms with Crippen molar-refractivity contribution in [2.75, 3.05) is 20.1 Å². The SMILES string of the molecule is Cc1nc(C)c(CC(=O)N2CCCC2C2CCCN2C)c(=O)[nH]1. The monoisotopic (exact) mass is 318 g/mol. The highest BCUT2D eigenvalue weighted by Crippen LogP contribution is 2.29. The zero-order chi connectivity index (χ0) is 16.6. The standard InChI is InChI=1S/C17H26N4O2/c1-11-13(17(23)19-12(2)18-11)10-16(22)21-9-5-7-15(21)14-6-4-8-20(14)3/h14-15H,4-10H2,1-3H3,(H,18,19,23). The van der Waals surface area contributed by atoms with Gasteiger partial charge in [-0.15, -0.1) is 0 Å². The minimum absolute atomic E-state index is 0.0621. The Balaban J connectivity index is 1.76. The molecule has 1 N–H and O–H groups in total. The van der Waals surface area contributed by atoms with Crippen LogP contribution in [0, 0.1) is 13.8 Å². The van der Waals surface area contributed by atoms with Crippen molar-refractivity contribution in [3.05, 3.63) is 27.4 Å². The lowest BCUT2D eigenvalue weighted by atomic mass is 10.0. The lowest BCUT2D eigenvalue weighted by Crippen LogP contribution is -2.47. The third-order valence-corrected chi connectivity index (χ3v) is 5.31. The van der Waals surface area contributed by atoms with E-state index in [1.165, 1.54) is 6.42 Å². The zero-order valence-corrected chi connectivity index (χ0v) is 14.3. The van der Waals surface area contributed by atoms with Crippen molar-refractivity contribution in [2.45, 2.75) is 58.0 Å². The first-order chi connectivity index (χ1) is 11.0. The molecule has 0 spiro atoms. The topological polar surface area (TPSA) is 69.3 Å². The van der Waals surface area contributed by atoms with Crippen molar-refractivity contribution in [1.29, 1.82) is 0 Å². The largest absolute Gasteiger partial charge is 0.338 e. The number of nitrogens with zero attached hydrogens (tertiary/aromatic N) is 3. The second-order valence-corrected chi connectivity index (χ2v) is 6.88. The predicted molar refractivity (Wildman–Crippen MR) is 88.4 cm³/mol. The lowest BCUT2D eigenvalue weighted by molar-refractivity contribution is -0.132. The fourth-order valence-electron chi connectivity index (χ4n) is 4.14. The Bertz CT molecular complexity index is 654. The van der Waals surface area contributed by atoms with E-state index in [4.69, 9.17) is 0 Å². The highest BCUT2D eigenvalue weighted by Gasteiger charge is 2.38. The van der Waals surface area contributed by atoms with Crippen molar-refractivity contribution < 1.29 is 4.79 Å². The van der Waals surface area contributed by atoms with Gasteiger partial charge < -0.3 is 14.8 Å². The van der Waals surface area contributed by atoms with Gasteiger partial charge in [0.2, 0.25) is 5.91 Å². The number of aromatic amines is 1. The van der Waals surface area contributed by atoms with Gasteiger partial charge in [-0.05, 0) is 53.1 Å². The van der Waals surface area contributed by atoms with Gasteiger partial charge in [0.1, 0.15) is 5.82 Å². The van der Waals surface area contributed by atoms with Gasteiger partial charge in [0, 0.05) is 29.9 Å². The minimum Gasteiger partial charge on any atom is -0.338 e. The zero-order valence-electron chi connectivity index (χ0n) is 14.3. The maximum Gasteiger partial charge on any atom is 0.254 e. The molecule has 2 atom stereocenters. The number of aromatic nitrogens is 2. The molecule has 126 valence electrons. The molecule has 2 saturated heterocycles. The predicted octanol–water partition coefficient (Wildman–Crippen LogP) is 1.01. The number of carbonyl (C=O) groups is 1. The van der Waals surface area contributed by atoms with E-state index in [2.05, 4.69) is 21.9 Å². The maximum atomic E-state index is 12.8. The van der Waals surface area contributed by atoms with E-state index in [0.29, 0.717) is 29.2 Å². The molecule has 3 rings (SSSR count). The molecule has 0 bridgehead atoms. The number of aryl methyl sites for hydroxylation is 2. The van der Waals surface area contributed by atoms with Gasteiger partial charge in [-0.2, -0.15) is 0 Å². The molecule has 23 heavy (non-hydrogen) atoms. The number of H-pyrrole nitrogens is 1. The van der Waals surface area contributed by atoms with Crippen LogP contribution in [0.5, 0.6) is 0 Å². The number of carbonyl (C=O) groups excluding carboxylic acids is 1. The molecule has 1 amide bonds. The summed E-state index contributed by atoms with van der Waals surface area (Å²) in [6, 6.07) is 0.768. The molecule has 0 radical (unpaired) electrons. The molecule has 1 aromatic rings. The van der Waals surface area contributed by atoms with Crippen LogP contribution >= 0.6 is 0 Å². The first-order valence-electron chi connectivity index (χ1n) is 8.53. The number of likely N-dealkylation sites (tertiary alicyclic amines) is 2. The summed E-state index contributed by atoms with van der Waals surface area (Å²) in [4.78, 5) is 36.3. The molecule has 2 unspecified atom stereocenters. The molecule has 0 saturated carbocycles. The molecule has 2 aliphatic heterocycles. The van der Waals surface area contributed by atoms with Crippen molar-refractivity contribution >= 4 is 5.91 Å². The van der Waals surface area contributed by atoms with Gasteiger partial charge in [-0.1, -0.05) is 0 Å². The maximum absolute atomic E-state index is 12.8. The molecule has 6 heteroatoms.